The second-order valence-electron chi connectivity index (χ2n) is 16.3. The molecule has 0 aromatic heterocycles. The van der Waals surface area contributed by atoms with Crippen molar-refractivity contribution >= 4 is 54.6 Å². The number of carbonyl (C=O) groups is 8. The van der Waals surface area contributed by atoms with Crippen molar-refractivity contribution in [1.29, 1.82) is 0 Å². The minimum absolute atomic E-state index is 0.0817. The zero-order chi connectivity index (χ0) is 45.1. The standard InChI is InChI=1S/C38H65BN8O14/c1-26(37(57)47-13-3-4-30(47)39(60)61)42-36(56)28-8-6-27(7-9-28)22-41-31(48)5-2-12-40-32(49)11-10-29(38(58)59)46-20-18-44(24-34(52)53)16-14-43(23-33(50)51)15-17-45(19-21-46)25-35(54)55/h26-30,60-61H,2-25H2,1H3,(H,40,49)(H,41,48)(H,42,56)(H,50,51)(H,52,53)(H,54,55)(H,58,59)/t26-,27-,28-,29-,30+/m1/s1. The highest BCUT2D eigenvalue weighted by atomic mass is 16.4. The fourth-order valence-corrected chi connectivity index (χ4v) is 8.20. The minimum atomic E-state index is -1.63. The van der Waals surface area contributed by atoms with E-state index in [9.17, 15) is 68.8 Å². The predicted octanol–water partition coefficient (Wildman–Crippen LogP) is -2.98. The quantitative estimate of drug-likeness (QED) is 0.0411. The summed E-state index contributed by atoms with van der Waals surface area (Å²) in [5, 5.41) is 66.0. The number of nitrogens with zero attached hydrogens (tertiary/aromatic N) is 5. The van der Waals surface area contributed by atoms with Crippen molar-refractivity contribution in [3.63, 3.8) is 0 Å². The van der Waals surface area contributed by atoms with Gasteiger partial charge in [-0.15, -0.1) is 0 Å². The molecule has 2 aliphatic heterocycles. The van der Waals surface area contributed by atoms with E-state index in [-0.39, 0.29) is 127 Å². The van der Waals surface area contributed by atoms with Gasteiger partial charge in [-0.25, -0.2) is 0 Å². The van der Waals surface area contributed by atoms with Gasteiger partial charge >= 0.3 is 31.0 Å². The predicted molar refractivity (Wildman–Crippen MR) is 218 cm³/mol. The molecule has 0 radical (unpaired) electrons. The van der Waals surface area contributed by atoms with Gasteiger partial charge in [0.15, 0.2) is 0 Å². The maximum absolute atomic E-state index is 12.9. The van der Waals surface area contributed by atoms with E-state index in [1.54, 1.807) is 26.5 Å². The first kappa shape index (κ1) is 50.9. The maximum Gasteiger partial charge on any atom is 0.475 e. The van der Waals surface area contributed by atoms with E-state index in [1.807, 2.05) is 0 Å². The van der Waals surface area contributed by atoms with Crippen LogP contribution >= 0.6 is 0 Å². The van der Waals surface area contributed by atoms with E-state index < -0.39 is 54.9 Å². The van der Waals surface area contributed by atoms with Gasteiger partial charge in [0.25, 0.3) is 0 Å². The third-order valence-electron chi connectivity index (χ3n) is 11.7. The summed E-state index contributed by atoms with van der Waals surface area (Å²) in [4.78, 5) is 106. The summed E-state index contributed by atoms with van der Waals surface area (Å²) in [5.74, 6) is -6.44. The summed E-state index contributed by atoms with van der Waals surface area (Å²) in [7, 11) is -1.63. The molecule has 344 valence electrons. The van der Waals surface area contributed by atoms with Crippen molar-refractivity contribution in [2.45, 2.75) is 89.2 Å². The molecule has 2 heterocycles. The van der Waals surface area contributed by atoms with E-state index >= 15 is 0 Å². The first-order valence-corrected chi connectivity index (χ1v) is 21.2. The summed E-state index contributed by atoms with van der Waals surface area (Å²) in [6, 6.07) is -1.94. The van der Waals surface area contributed by atoms with Crippen molar-refractivity contribution in [2.24, 2.45) is 11.8 Å². The Balaban J connectivity index is 1.40. The molecule has 3 atom stereocenters. The number of hydrogen-bond donors (Lipinski definition) is 9. The lowest BCUT2D eigenvalue weighted by Gasteiger charge is -2.35. The average Bonchev–Trinajstić information content (AvgIpc) is 3.69. The lowest BCUT2D eigenvalue weighted by Crippen LogP contribution is -2.53. The molecule has 61 heavy (non-hydrogen) atoms. The van der Waals surface area contributed by atoms with E-state index in [0.717, 1.165) is 0 Å². The number of aliphatic carboxylic acids is 4. The van der Waals surface area contributed by atoms with Crippen LogP contribution in [-0.2, 0) is 38.4 Å². The lowest BCUT2D eigenvalue weighted by atomic mass is 9.77. The molecule has 4 amide bonds. The Morgan fingerprint density at radius 2 is 1.16 bits per heavy atom. The Morgan fingerprint density at radius 1 is 0.656 bits per heavy atom. The van der Waals surface area contributed by atoms with E-state index in [0.29, 0.717) is 58.0 Å². The largest absolute Gasteiger partial charge is 0.480 e. The number of rotatable bonds is 21. The third-order valence-corrected chi connectivity index (χ3v) is 11.7. The molecule has 0 aromatic carbocycles. The van der Waals surface area contributed by atoms with E-state index in [4.69, 9.17) is 0 Å². The molecule has 0 unspecified atom stereocenters. The van der Waals surface area contributed by atoms with Crippen LogP contribution in [0, 0.1) is 11.8 Å². The summed E-state index contributed by atoms with van der Waals surface area (Å²) in [6.07, 6.45) is 4.03. The van der Waals surface area contributed by atoms with Gasteiger partial charge < -0.3 is 51.3 Å². The zero-order valence-corrected chi connectivity index (χ0v) is 35.1. The lowest BCUT2D eigenvalue weighted by molar-refractivity contribution is -0.145. The smallest absolute Gasteiger partial charge is 0.475 e. The summed E-state index contributed by atoms with van der Waals surface area (Å²) in [6.45, 7) is 2.79. The Hall–Kier alpha value is -4.42. The number of carbonyl (C=O) groups excluding carboxylic acids is 4. The maximum atomic E-state index is 12.9. The third kappa shape index (κ3) is 18.6. The van der Waals surface area contributed by atoms with Crippen molar-refractivity contribution in [3.8, 4) is 0 Å². The van der Waals surface area contributed by atoms with Gasteiger partial charge in [-0.3, -0.25) is 58.0 Å². The van der Waals surface area contributed by atoms with Gasteiger partial charge in [0.1, 0.15) is 12.1 Å². The molecular formula is C38H65BN8O14. The number of carboxylic acid groups (broad SMARTS) is 4. The van der Waals surface area contributed by atoms with Crippen LogP contribution in [0.5, 0.6) is 0 Å². The van der Waals surface area contributed by atoms with Gasteiger partial charge in [0, 0.05) is 90.8 Å². The van der Waals surface area contributed by atoms with Crippen molar-refractivity contribution < 1.29 is 68.8 Å². The van der Waals surface area contributed by atoms with Gasteiger partial charge in [-0.05, 0) is 64.2 Å². The molecule has 22 nitrogen and oxygen atoms in total. The molecule has 1 saturated carbocycles. The topological polar surface area (TPSA) is 310 Å². The highest BCUT2D eigenvalue weighted by Gasteiger charge is 2.39. The Bertz CT molecular complexity index is 1470. The molecule has 3 rings (SSSR count). The van der Waals surface area contributed by atoms with Crippen LogP contribution in [0.3, 0.4) is 0 Å². The molecule has 23 heteroatoms. The molecule has 0 spiro atoms. The molecule has 0 bridgehead atoms. The summed E-state index contributed by atoms with van der Waals surface area (Å²) >= 11 is 0. The summed E-state index contributed by atoms with van der Waals surface area (Å²) < 4.78 is 0. The number of carboxylic acids is 4. The molecule has 1 aliphatic carbocycles. The first-order chi connectivity index (χ1) is 28.9. The van der Waals surface area contributed by atoms with Gasteiger partial charge in [-0.1, -0.05) is 0 Å². The van der Waals surface area contributed by atoms with Crippen molar-refractivity contribution in [1.82, 2.24) is 40.4 Å². The van der Waals surface area contributed by atoms with Gasteiger partial charge in [-0.2, -0.15) is 0 Å². The molecule has 3 fully saturated rings. The first-order valence-electron chi connectivity index (χ1n) is 21.2. The number of nitrogens with one attached hydrogen (secondary N) is 3. The molecular weight excluding hydrogens is 803 g/mol. The number of likely N-dealkylation sites (tertiary alicyclic amines) is 1. The van der Waals surface area contributed by atoms with E-state index in [2.05, 4.69) is 16.0 Å². The Morgan fingerprint density at radius 3 is 1.66 bits per heavy atom. The van der Waals surface area contributed by atoms with Crippen LogP contribution in [0.2, 0.25) is 0 Å². The molecule has 3 aliphatic rings. The number of amides is 4. The Kier molecular flexibility index (Phi) is 21.8. The molecule has 9 N–H and O–H groups in total. The van der Waals surface area contributed by atoms with Crippen LogP contribution < -0.4 is 16.0 Å². The number of hydrogen-bond acceptors (Lipinski definition) is 14. The second kappa shape index (κ2) is 26.1. The summed E-state index contributed by atoms with van der Waals surface area (Å²) in [5.41, 5.74) is 0. The van der Waals surface area contributed by atoms with Gasteiger partial charge in [0.2, 0.25) is 23.6 Å². The van der Waals surface area contributed by atoms with Crippen molar-refractivity contribution in [3.05, 3.63) is 0 Å². The van der Waals surface area contributed by atoms with E-state index in [1.165, 1.54) is 4.90 Å². The SMILES string of the molecule is C[C@@H](NC(=O)[C@H]1CC[C@H](CNC(=O)CCCNC(=O)CC[C@H](C(=O)O)N2CCN(CC(=O)O)CCN(CC(=O)O)CCN(CC(=O)O)CC2)CC1)C(=O)N1CCC[C@H]1B(O)O. The molecule has 0 aromatic rings. The van der Waals surface area contributed by atoms with Gasteiger partial charge in [0.05, 0.1) is 25.6 Å². The minimum Gasteiger partial charge on any atom is -0.480 e. The molecule has 2 saturated heterocycles. The van der Waals surface area contributed by atoms with Crippen LogP contribution in [0.4, 0.5) is 0 Å². The van der Waals surface area contributed by atoms with Crippen LogP contribution in [-0.4, -0.2) is 219 Å². The fraction of sp³-hybridized carbons (Fsp3) is 0.789. The average molecular weight is 869 g/mol. The highest BCUT2D eigenvalue weighted by Crippen LogP contribution is 2.29. The normalized spacial score (nSPS) is 22.5. The monoisotopic (exact) mass is 868 g/mol. The zero-order valence-electron chi connectivity index (χ0n) is 35.1. The fourth-order valence-electron chi connectivity index (χ4n) is 8.20. The second-order valence-corrected chi connectivity index (χ2v) is 16.3. The Labute approximate surface area is 356 Å². The van der Waals surface area contributed by atoms with Crippen LogP contribution in [0.15, 0.2) is 0 Å². The van der Waals surface area contributed by atoms with Crippen LogP contribution in [0.25, 0.3) is 0 Å². The van der Waals surface area contributed by atoms with Crippen molar-refractivity contribution in [2.75, 3.05) is 91.6 Å². The van der Waals surface area contributed by atoms with Crippen LogP contribution in [0.1, 0.15) is 71.1 Å². The highest BCUT2D eigenvalue weighted by molar-refractivity contribution is 6.43.